The Morgan fingerprint density at radius 2 is 1.88 bits per heavy atom. The van der Waals surface area contributed by atoms with Gasteiger partial charge in [0.25, 0.3) is 0 Å². The van der Waals surface area contributed by atoms with Crippen LogP contribution in [0.15, 0.2) is 0 Å². The number of likely N-dealkylation sites (tertiary alicyclic amines) is 2. The maximum Gasteiger partial charge on any atom is 0.243 e. The molecule has 2 heterocycles. The van der Waals surface area contributed by atoms with Crippen LogP contribution < -0.4 is 0 Å². The number of ether oxygens (including phenoxy) is 1. The van der Waals surface area contributed by atoms with Crippen LogP contribution in [0.25, 0.3) is 0 Å². The lowest BCUT2D eigenvalue weighted by Crippen LogP contribution is -2.51. The summed E-state index contributed by atoms with van der Waals surface area (Å²) in [4.78, 5) is 29.6. The number of nitrogens with zero attached hydrogens (tertiary/aromatic N) is 3. The molecule has 3 aliphatic rings. The highest BCUT2D eigenvalue weighted by Gasteiger charge is 2.54. The summed E-state index contributed by atoms with van der Waals surface area (Å²) in [5.41, 5.74) is -0.884. The Balaban J connectivity index is 1.70. The number of rotatable bonds is 5. The van der Waals surface area contributed by atoms with E-state index in [-0.39, 0.29) is 23.1 Å². The van der Waals surface area contributed by atoms with Crippen LogP contribution in [-0.4, -0.2) is 61.0 Å². The summed E-state index contributed by atoms with van der Waals surface area (Å²) in [7, 11) is 0. The van der Waals surface area contributed by atoms with Crippen LogP contribution in [0.5, 0.6) is 0 Å². The van der Waals surface area contributed by atoms with Crippen LogP contribution in [0.2, 0.25) is 0 Å². The van der Waals surface area contributed by atoms with E-state index in [1.165, 1.54) is 0 Å². The number of nitriles is 1. The summed E-state index contributed by atoms with van der Waals surface area (Å²) in [6.07, 6.45) is 4.96. The van der Waals surface area contributed by atoms with E-state index in [0.29, 0.717) is 39.1 Å². The molecule has 2 amide bonds. The van der Waals surface area contributed by atoms with E-state index in [4.69, 9.17) is 4.74 Å². The van der Waals surface area contributed by atoms with Crippen molar-refractivity contribution in [2.45, 2.75) is 52.4 Å². The number of piperidine rings is 1. The van der Waals surface area contributed by atoms with E-state index in [2.05, 4.69) is 6.07 Å². The molecule has 2 saturated heterocycles. The van der Waals surface area contributed by atoms with E-state index in [0.717, 1.165) is 38.8 Å². The zero-order valence-corrected chi connectivity index (χ0v) is 16.1. The van der Waals surface area contributed by atoms with Gasteiger partial charge in [-0.3, -0.25) is 9.59 Å². The van der Waals surface area contributed by atoms with Crippen molar-refractivity contribution in [2.75, 3.05) is 39.4 Å². The molecule has 26 heavy (non-hydrogen) atoms. The third kappa shape index (κ3) is 3.11. The standard InChI is InChI=1S/C20H31N3O3/c1-3-22-15-20(16(17(22)24)13-26-4-2)9-11-23(12-10-20)18(25)19(14-21)7-5-6-8-19/h16H,3-13,15H2,1-2H3. The van der Waals surface area contributed by atoms with Gasteiger partial charge in [-0.2, -0.15) is 5.26 Å². The van der Waals surface area contributed by atoms with Crippen LogP contribution >= 0.6 is 0 Å². The summed E-state index contributed by atoms with van der Waals surface area (Å²) in [5.74, 6) is 0.117. The third-order valence-electron chi connectivity index (χ3n) is 6.85. The molecular formula is C20H31N3O3. The van der Waals surface area contributed by atoms with Gasteiger partial charge in [0.05, 0.1) is 18.6 Å². The molecular weight excluding hydrogens is 330 g/mol. The molecule has 0 bridgehead atoms. The van der Waals surface area contributed by atoms with Crippen molar-refractivity contribution in [1.82, 2.24) is 9.80 Å². The van der Waals surface area contributed by atoms with Crippen molar-refractivity contribution < 1.29 is 14.3 Å². The molecule has 3 rings (SSSR count). The monoisotopic (exact) mass is 361 g/mol. The number of hydrogen-bond donors (Lipinski definition) is 0. The van der Waals surface area contributed by atoms with Gasteiger partial charge in [-0.05, 0) is 39.5 Å². The van der Waals surface area contributed by atoms with Crippen molar-refractivity contribution in [1.29, 1.82) is 5.26 Å². The Morgan fingerprint density at radius 3 is 2.42 bits per heavy atom. The maximum atomic E-state index is 13.0. The zero-order chi connectivity index (χ0) is 18.8. The van der Waals surface area contributed by atoms with Gasteiger partial charge in [0.1, 0.15) is 5.41 Å². The summed E-state index contributed by atoms with van der Waals surface area (Å²) in [6.45, 7) is 7.85. The Morgan fingerprint density at radius 1 is 1.23 bits per heavy atom. The second-order valence-electron chi connectivity index (χ2n) is 8.12. The molecule has 2 aliphatic heterocycles. The fraction of sp³-hybridized carbons (Fsp3) is 0.850. The van der Waals surface area contributed by atoms with Gasteiger partial charge in [0.2, 0.25) is 11.8 Å². The van der Waals surface area contributed by atoms with Gasteiger partial charge in [-0.25, -0.2) is 0 Å². The molecule has 0 radical (unpaired) electrons. The molecule has 6 nitrogen and oxygen atoms in total. The SMILES string of the molecule is CCOCC1C(=O)N(CC)CC12CCN(C(=O)C1(C#N)CCCC1)CC2. The molecule has 144 valence electrons. The predicted octanol–water partition coefficient (Wildman–Crippen LogP) is 2.19. The Hall–Kier alpha value is -1.61. The minimum absolute atomic E-state index is 0.0189. The van der Waals surface area contributed by atoms with Crippen molar-refractivity contribution in [3.63, 3.8) is 0 Å². The Bertz CT molecular complexity index is 584. The van der Waals surface area contributed by atoms with Gasteiger partial charge < -0.3 is 14.5 Å². The minimum atomic E-state index is -0.795. The predicted molar refractivity (Wildman–Crippen MR) is 97.0 cm³/mol. The van der Waals surface area contributed by atoms with Crippen molar-refractivity contribution in [3.05, 3.63) is 0 Å². The van der Waals surface area contributed by atoms with Gasteiger partial charge >= 0.3 is 0 Å². The summed E-state index contributed by atoms with van der Waals surface area (Å²) in [6, 6.07) is 2.32. The zero-order valence-electron chi connectivity index (χ0n) is 16.1. The van der Waals surface area contributed by atoms with Gasteiger partial charge in [-0.15, -0.1) is 0 Å². The topological polar surface area (TPSA) is 73.6 Å². The molecule has 3 fully saturated rings. The first-order valence-electron chi connectivity index (χ1n) is 10.1. The highest BCUT2D eigenvalue weighted by atomic mass is 16.5. The molecule has 0 aromatic heterocycles. The summed E-state index contributed by atoms with van der Waals surface area (Å²) < 4.78 is 5.63. The lowest BCUT2D eigenvalue weighted by atomic mass is 9.70. The number of carbonyl (C=O) groups is 2. The van der Waals surface area contributed by atoms with Crippen molar-refractivity contribution in [3.8, 4) is 6.07 Å². The molecule has 1 atom stereocenters. The lowest BCUT2D eigenvalue weighted by Gasteiger charge is -2.43. The van der Waals surface area contributed by atoms with Gasteiger partial charge in [0, 0.05) is 38.2 Å². The molecule has 6 heteroatoms. The average Bonchev–Trinajstić information content (AvgIpc) is 3.25. The first-order valence-corrected chi connectivity index (χ1v) is 10.1. The maximum absolute atomic E-state index is 13.0. The Labute approximate surface area is 156 Å². The Kier molecular flexibility index (Phi) is 5.57. The summed E-state index contributed by atoms with van der Waals surface area (Å²) >= 11 is 0. The first-order chi connectivity index (χ1) is 12.5. The second kappa shape index (κ2) is 7.56. The minimum Gasteiger partial charge on any atom is -0.381 e. The van der Waals surface area contributed by atoms with Crippen LogP contribution in [0.3, 0.4) is 0 Å². The van der Waals surface area contributed by atoms with E-state index < -0.39 is 5.41 Å². The molecule has 0 aromatic rings. The molecule has 1 aliphatic carbocycles. The highest BCUT2D eigenvalue weighted by molar-refractivity contribution is 5.86. The number of hydrogen-bond acceptors (Lipinski definition) is 4. The van der Waals surface area contributed by atoms with Crippen LogP contribution in [-0.2, 0) is 14.3 Å². The quantitative estimate of drug-likeness (QED) is 0.752. The van der Waals surface area contributed by atoms with Crippen LogP contribution in [0.4, 0.5) is 0 Å². The third-order valence-corrected chi connectivity index (χ3v) is 6.85. The largest absolute Gasteiger partial charge is 0.381 e. The van der Waals surface area contributed by atoms with E-state index in [1.807, 2.05) is 23.6 Å². The summed E-state index contributed by atoms with van der Waals surface area (Å²) in [5, 5.41) is 9.60. The number of carbonyl (C=O) groups excluding carboxylic acids is 2. The highest BCUT2D eigenvalue weighted by Crippen LogP contribution is 2.47. The fourth-order valence-corrected chi connectivity index (χ4v) is 5.12. The lowest BCUT2D eigenvalue weighted by molar-refractivity contribution is -0.142. The van der Waals surface area contributed by atoms with Gasteiger partial charge in [-0.1, -0.05) is 12.8 Å². The normalized spacial score (nSPS) is 27.1. The molecule has 1 unspecified atom stereocenters. The molecule has 0 N–H and O–H groups in total. The van der Waals surface area contributed by atoms with E-state index in [9.17, 15) is 14.9 Å². The molecule has 0 aromatic carbocycles. The smallest absolute Gasteiger partial charge is 0.243 e. The van der Waals surface area contributed by atoms with E-state index in [1.54, 1.807) is 0 Å². The fourth-order valence-electron chi connectivity index (χ4n) is 5.12. The van der Waals surface area contributed by atoms with E-state index >= 15 is 0 Å². The first kappa shape index (κ1) is 19.2. The molecule has 1 saturated carbocycles. The molecule has 1 spiro atoms. The van der Waals surface area contributed by atoms with Crippen molar-refractivity contribution >= 4 is 11.8 Å². The second-order valence-corrected chi connectivity index (χ2v) is 8.12. The average molecular weight is 361 g/mol. The van der Waals surface area contributed by atoms with Crippen LogP contribution in [0.1, 0.15) is 52.4 Å². The number of amides is 2. The van der Waals surface area contributed by atoms with Crippen molar-refractivity contribution in [2.24, 2.45) is 16.7 Å². The van der Waals surface area contributed by atoms with Gasteiger partial charge in [0.15, 0.2) is 0 Å². The van der Waals surface area contributed by atoms with Crippen LogP contribution in [0, 0.1) is 28.1 Å².